The van der Waals surface area contributed by atoms with E-state index in [0.717, 1.165) is 5.56 Å². The van der Waals surface area contributed by atoms with E-state index in [1.165, 1.54) is 0 Å². The van der Waals surface area contributed by atoms with E-state index < -0.39 is 0 Å². The predicted octanol–water partition coefficient (Wildman–Crippen LogP) is 1.50. The quantitative estimate of drug-likeness (QED) is 0.770. The smallest absolute Gasteiger partial charge is 0.131 e. The molecule has 72 valence electrons. The summed E-state index contributed by atoms with van der Waals surface area (Å²) in [6.07, 6.45) is 0. The first kappa shape index (κ1) is 9.86. The van der Waals surface area contributed by atoms with Gasteiger partial charge in [-0.15, -0.1) is 0 Å². The van der Waals surface area contributed by atoms with Crippen LogP contribution in [0.1, 0.15) is 11.1 Å². The summed E-state index contributed by atoms with van der Waals surface area (Å²) in [6.45, 7) is 1.85. The number of aryl methyl sites for hydroxylation is 1. The Morgan fingerprint density at radius 2 is 1.92 bits per heavy atom. The maximum atomic E-state index is 9.13. The van der Waals surface area contributed by atoms with Gasteiger partial charge in [-0.25, -0.2) is 0 Å². The zero-order valence-corrected chi connectivity index (χ0v) is 8.13. The molecule has 3 nitrogen and oxygen atoms in total. The Hall–Kier alpha value is -1.22. The van der Waals surface area contributed by atoms with Crippen molar-refractivity contribution in [2.24, 2.45) is 0 Å². The minimum absolute atomic E-state index is 0.0754. The molecule has 0 saturated heterocycles. The summed E-state index contributed by atoms with van der Waals surface area (Å²) in [7, 11) is 3.16. The van der Waals surface area contributed by atoms with Crippen LogP contribution in [-0.2, 0) is 6.61 Å². The van der Waals surface area contributed by atoms with Gasteiger partial charge >= 0.3 is 0 Å². The molecule has 0 aliphatic heterocycles. The summed E-state index contributed by atoms with van der Waals surface area (Å²) in [6, 6.07) is 3.72. The standard InChI is InChI=1S/C10H14O3/c1-7-4-5-9(12-2)8(6-11)10(7)13-3/h4-5,11H,6H2,1-3H3. The molecule has 1 aromatic rings. The number of methoxy groups -OCH3 is 2. The molecule has 0 aliphatic rings. The highest BCUT2D eigenvalue weighted by molar-refractivity contribution is 5.49. The van der Waals surface area contributed by atoms with Gasteiger partial charge in [-0.2, -0.15) is 0 Å². The van der Waals surface area contributed by atoms with Crippen LogP contribution in [0.4, 0.5) is 0 Å². The number of hydrogen-bond acceptors (Lipinski definition) is 3. The molecule has 0 aromatic heterocycles. The largest absolute Gasteiger partial charge is 0.496 e. The number of benzene rings is 1. The van der Waals surface area contributed by atoms with Crippen molar-refractivity contribution in [2.75, 3.05) is 14.2 Å². The Morgan fingerprint density at radius 3 is 2.38 bits per heavy atom. The summed E-state index contributed by atoms with van der Waals surface area (Å²) in [5, 5.41) is 9.13. The molecule has 0 spiro atoms. The number of aliphatic hydroxyl groups is 1. The highest BCUT2D eigenvalue weighted by Gasteiger charge is 2.10. The summed E-state index contributed by atoms with van der Waals surface area (Å²) in [5.74, 6) is 1.35. The van der Waals surface area contributed by atoms with Gasteiger partial charge in [0, 0.05) is 0 Å². The van der Waals surface area contributed by atoms with E-state index in [-0.39, 0.29) is 6.61 Å². The van der Waals surface area contributed by atoms with Crippen molar-refractivity contribution in [3.63, 3.8) is 0 Å². The summed E-state index contributed by atoms with van der Waals surface area (Å²) >= 11 is 0. The third-order valence-electron chi connectivity index (χ3n) is 2.00. The van der Waals surface area contributed by atoms with Gasteiger partial charge in [-0.1, -0.05) is 6.07 Å². The fourth-order valence-corrected chi connectivity index (χ4v) is 1.35. The van der Waals surface area contributed by atoms with E-state index in [1.807, 2.05) is 19.1 Å². The van der Waals surface area contributed by atoms with Gasteiger partial charge in [0.05, 0.1) is 26.4 Å². The molecule has 0 bridgehead atoms. The Labute approximate surface area is 77.9 Å². The first-order chi connectivity index (χ1) is 6.24. The number of aliphatic hydroxyl groups excluding tert-OH is 1. The van der Waals surface area contributed by atoms with Crippen molar-refractivity contribution in [3.8, 4) is 11.5 Å². The first-order valence-corrected chi connectivity index (χ1v) is 4.06. The van der Waals surface area contributed by atoms with Crippen LogP contribution < -0.4 is 9.47 Å². The molecule has 0 unspecified atom stereocenters. The highest BCUT2D eigenvalue weighted by Crippen LogP contribution is 2.31. The van der Waals surface area contributed by atoms with Crippen molar-refractivity contribution >= 4 is 0 Å². The summed E-state index contributed by atoms with van der Waals surface area (Å²) < 4.78 is 10.3. The molecule has 0 saturated carbocycles. The molecule has 0 aliphatic carbocycles. The average molecular weight is 182 g/mol. The molecule has 1 aromatic carbocycles. The lowest BCUT2D eigenvalue weighted by Crippen LogP contribution is -1.98. The average Bonchev–Trinajstić information content (AvgIpc) is 2.17. The van der Waals surface area contributed by atoms with Crippen molar-refractivity contribution < 1.29 is 14.6 Å². The van der Waals surface area contributed by atoms with E-state index >= 15 is 0 Å². The Balaban J connectivity index is 3.27. The molecule has 13 heavy (non-hydrogen) atoms. The van der Waals surface area contributed by atoms with Gasteiger partial charge in [0.15, 0.2) is 0 Å². The number of hydrogen-bond donors (Lipinski definition) is 1. The van der Waals surface area contributed by atoms with Crippen molar-refractivity contribution in [1.82, 2.24) is 0 Å². The lowest BCUT2D eigenvalue weighted by molar-refractivity contribution is 0.264. The predicted molar refractivity (Wildman–Crippen MR) is 50.2 cm³/mol. The Bertz CT molecular complexity index is 294. The molecule has 1 rings (SSSR count). The van der Waals surface area contributed by atoms with Crippen LogP contribution in [-0.4, -0.2) is 19.3 Å². The van der Waals surface area contributed by atoms with Gasteiger partial charge < -0.3 is 14.6 Å². The van der Waals surface area contributed by atoms with E-state index in [1.54, 1.807) is 14.2 Å². The van der Waals surface area contributed by atoms with Gasteiger partial charge in [-0.05, 0) is 18.6 Å². The van der Waals surface area contributed by atoms with E-state index in [4.69, 9.17) is 14.6 Å². The molecule has 0 heterocycles. The van der Waals surface area contributed by atoms with Gasteiger partial charge in [-0.3, -0.25) is 0 Å². The Morgan fingerprint density at radius 1 is 1.23 bits per heavy atom. The van der Waals surface area contributed by atoms with Crippen LogP contribution in [0.25, 0.3) is 0 Å². The zero-order chi connectivity index (χ0) is 9.84. The fourth-order valence-electron chi connectivity index (χ4n) is 1.35. The SMILES string of the molecule is COc1ccc(C)c(OC)c1CO. The summed E-state index contributed by atoms with van der Waals surface area (Å²) in [5.41, 5.74) is 1.69. The monoisotopic (exact) mass is 182 g/mol. The maximum Gasteiger partial charge on any atom is 0.131 e. The van der Waals surface area contributed by atoms with Gasteiger partial charge in [0.1, 0.15) is 11.5 Å². The second-order valence-electron chi connectivity index (χ2n) is 2.75. The topological polar surface area (TPSA) is 38.7 Å². The van der Waals surface area contributed by atoms with Gasteiger partial charge in [0.25, 0.3) is 0 Å². The molecular weight excluding hydrogens is 168 g/mol. The zero-order valence-electron chi connectivity index (χ0n) is 8.13. The second kappa shape index (κ2) is 4.14. The molecule has 0 radical (unpaired) electrons. The fraction of sp³-hybridized carbons (Fsp3) is 0.400. The van der Waals surface area contributed by atoms with Crippen LogP contribution in [0, 0.1) is 6.92 Å². The summed E-state index contributed by atoms with van der Waals surface area (Å²) in [4.78, 5) is 0. The van der Waals surface area contributed by atoms with E-state index in [2.05, 4.69) is 0 Å². The van der Waals surface area contributed by atoms with Crippen LogP contribution >= 0.6 is 0 Å². The van der Waals surface area contributed by atoms with Crippen molar-refractivity contribution in [2.45, 2.75) is 13.5 Å². The lowest BCUT2D eigenvalue weighted by Gasteiger charge is -2.13. The van der Waals surface area contributed by atoms with Crippen LogP contribution in [0.15, 0.2) is 12.1 Å². The number of ether oxygens (including phenoxy) is 2. The third kappa shape index (κ3) is 1.75. The lowest BCUT2D eigenvalue weighted by atomic mass is 10.1. The first-order valence-electron chi connectivity index (χ1n) is 4.06. The molecule has 0 amide bonds. The third-order valence-corrected chi connectivity index (χ3v) is 2.00. The van der Waals surface area contributed by atoms with Crippen molar-refractivity contribution in [1.29, 1.82) is 0 Å². The van der Waals surface area contributed by atoms with E-state index in [0.29, 0.717) is 17.1 Å². The van der Waals surface area contributed by atoms with Crippen LogP contribution in [0.2, 0.25) is 0 Å². The molecule has 1 N–H and O–H groups in total. The maximum absolute atomic E-state index is 9.13. The normalized spacial score (nSPS) is 9.85. The Kier molecular flexibility index (Phi) is 3.14. The highest BCUT2D eigenvalue weighted by atomic mass is 16.5. The van der Waals surface area contributed by atoms with Crippen LogP contribution in [0.5, 0.6) is 11.5 Å². The minimum atomic E-state index is -0.0754. The minimum Gasteiger partial charge on any atom is -0.496 e. The molecule has 0 atom stereocenters. The number of rotatable bonds is 3. The molecule has 3 heteroatoms. The molecule has 0 fully saturated rings. The second-order valence-corrected chi connectivity index (χ2v) is 2.75. The molecular formula is C10H14O3. The van der Waals surface area contributed by atoms with Crippen molar-refractivity contribution in [3.05, 3.63) is 23.3 Å². The van der Waals surface area contributed by atoms with E-state index in [9.17, 15) is 0 Å². The van der Waals surface area contributed by atoms with Crippen LogP contribution in [0.3, 0.4) is 0 Å². The van der Waals surface area contributed by atoms with Gasteiger partial charge in [0.2, 0.25) is 0 Å².